The van der Waals surface area contributed by atoms with Crippen molar-refractivity contribution in [2.45, 2.75) is 20.0 Å². The van der Waals surface area contributed by atoms with Gasteiger partial charge in [0.1, 0.15) is 12.4 Å². The Bertz CT molecular complexity index is 1240. The molecule has 0 saturated heterocycles. The molecule has 0 spiro atoms. The van der Waals surface area contributed by atoms with Crippen LogP contribution < -0.4 is 9.47 Å². The van der Waals surface area contributed by atoms with Gasteiger partial charge < -0.3 is 14.0 Å². The van der Waals surface area contributed by atoms with Crippen LogP contribution in [0.25, 0.3) is 16.6 Å². The van der Waals surface area contributed by atoms with Gasteiger partial charge in [0.25, 0.3) is 0 Å². The van der Waals surface area contributed by atoms with E-state index in [0.29, 0.717) is 17.6 Å². The van der Waals surface area contributed by atoms with Crippen molar-refractivity contribution in [1.29, 1.82) is 0 Å². The van der Waals surface area contributed by atoms with Crippen LogP contribution in [-0.4, -0.2) is 39.7 Å². The fourth-order valence-electron chi connectivity index (χ4n) is 4.06. The lowest BCUT2D eigenvalue weighted by Gasteiger charge is -2.19. The van der Waals surface area contributed by atoms with Gasteiger partial charge in [-0.15, -0.1) is 0 Å². The Kier molecular flexibility index (Phi) is 5.26. The molecule has 6 nitrogen and oxygen atoms in total. The molecule has 0 bridgehead atoms. The van der Waals surface area contributed by atoms with E-state index in [2.05, 4.69) is 62.9 Å². The largest absolute Gasteiger partial charge is 0.490 e. The van der Waals surface area contributed by atoms with E-state index in [9.17, 15) is 0 Å². The number of hydrogen-bond donors (Lipinski definition) is 0. The van der Waals surface area contributed by atoms with Gasteiger partial charge >= 0.3 is 6.01 Å². The third-order valence-corrected chi connectivity index (χ3v) is 5.83. The number of aryl methyl sites for hydroxylation is 1. The fraction of sp³-hybridized carbons (Fsp3) is 0.250. The van der Waals surface area contributed by atoms with E-state index in [-0.39, 0.29) is 0 Å². The van der Waals surface area contributed by atoms with Gasteiger partial charge in [0, 0.05) is 60.4 Å². The Morgan fingerprint density at radius 1 is 1.13 bits per heavy atom. The highest BCUT2D eigenvalue weighted by atomic mass is 35.5. The third kappa shape index (κ3) is 3.96. The van der Waals surface area contributed by atoms with Crippen LogP contribution in [-0.2, 0) is 13.1 Å². The zero-order valence-electron chi connectivity index (χ0n) is 17.5. The van der Waals surface area contributed by atoms with E-state index in [4.69, 9.17) is 21.1 Å². The average Bonchev–Trinajstić information content (AvgIpc) is 3.07. The maximum atomic E-state index is 6.66. The van der Waals surface area contributed by atoms with Crippen molar-refractivity contribution in [3.63, 3.8) is 0 Å². The Morgan fingerprint density at radius 2 is 1.97 bits per heavy atom. The first-order valence-corrected chi connectivity index (χ1v) is 10.6. The molecule has 0 N–H and O–H groups in total. The molecular weight excluding hydrogens is 412 g/mol. The van der Waals surface area contributed by atoms with Crippen LogP contribution in [0.2, 0.25) is 5.02 Å². The number of halogens is 1. The molecular formula is C24H23ClN4O2. The van der Waals surface area contributed by atoms with Crippen LogP contribution in [0.3, 0.4) is 0 Å². The second-order valence-corrected chi connectivity index (χ2v) is 8.21. The molecule has 0 unspecified atom stereocenters. The highest BCUT2D eigenvalue weighted by molar-refractivity contribution is 6.32. The van der Waals surface area contributed by atoms with E-state index in [1.807, 2.05) is 6.07 Å². The summed E-state index contributed by atoms with van der Waals surface area (Å²) in [5.74, 6) is 0.770. The van der Waals surface area contributed by atoms with E-state index >= 15 is 0 Å². The van der Waals surface area contributed by atoms with Crippen LogP contribution in [0.4, 0.5) is 0 Å². The van der Waals surface area contributed by atoms with Gasteiger partial charge in [-0.05, 0) is 37.3 Å². The van der Waals surface area contributed by atoms with Gasteiger partial charge in [0.05, 0.1) is 17.6 Å². The summed E-state index contributed by atoms with van der Waals surface area (Å²) in [6.45, 7) is 4.93. The Hall–Kier alpha value is -3.09. The second kappa shape index (κ2) is 8.21. The summed E-state index contributed by atoms with van der Waals surface area (Å²) in [6, 6.07) is 13.1. The summed E-state index contributed by atoms with van der Waals surface area (Å²) in [6.07, 6.45) is 5.69. The topological polar surface area (TPSA) is 52.4 Å². The number of methoxy groups -OCH3 is 1. The van der Waals surface area contributed by atoms with Crippen LogP contribution in [0, 0.1) is 6.92 Å². The first-order valence-electron chi connectivity index (χ1n) is 10.2. The summed E-state index contributed by atoms with van der Waals surface area (Å²) >= 11 is 6.66. The number of nitrogens with zero attached hydrogens (tertiary/aromatic N) is 4. The zero-order valence-corrected chi connectivity index (χ0v) is 18.3. The van der Waals surface area contributed by atoms with Crippen LogP contribution in [0.1, 0.15) is 16.7 Å². The normalized spacial score (nSPS) is 14.2. The Labute approximate surface area is 186 Å². The van der Waals surface area contributed by atoms with Crippen molar-refractivity contribution < 1.29 is 9.47 Å². The molecule has 0 aliphatic carbocycles. The molecule has 0 fully saturated rings. The first kappa shape index (κ1) is 19.8. The number of aromatic nitrogens is 3. The van der Waals surface area contributed by atoms with E-state index in [1.54, 1.807) is 19.5 Å². The lowest BCUT2D eigenvalue weighted by molar-refractivity contribution is 0.219. The molecule has 158 valence electrons. The van der Waals surface area contributed by atoms with Crippen molar-refractivity contribution in [3.05, 3.63) is 76.7 Å². The van der Waals surface area contributed by atoms with E-state index in [1.165, 1.54) is 10.9 Å². The van der Waals surface area contributed by atoms with Crippen molar-refractivity contribution in [2.24, 2.45) is 0 Å². The van der Waals surface area contributed by atoms with Crippen LogP contribution >= 0.6 is 11.6 Å². The van der Waals surface area contributed by atoms with Gasteiger partial charge in [-0.1, -0.05) is 23.2 Å². The quantitative estimate of drug-likeness (QED) is 0.462. The molecule has 4 aromatic rings. The van der Waals surface area contributed by atoms with Gasteiger partial charge in [-0.3, -0.25) is 4.90 Å². The summed E-state index contributed by atoms with van der Waals surface area (Å²) in [7, 11) is 1.56. The molecule has 2 aromatic carbocycles. The van der Waals surface area contributed by atoms with Gasteiger partial charge in [0.2, 0.25) is 0 Å². The maximum Gasteiger partial charge on any atom is 0.316 e. The molecule has 7 heteroatoms. The summed E-state index contributed by atoms with van der Waals surface area (Å²) in [4.78, 5) is 10.7. The van der Waals surface area contributed by atoms with Crippen molar-refractivity contribution in [1.82, 2.24) is 19.4 Å². The average molecular weight is 435 g/mol. The lowest BCUT2D eigenvalue weighted by Crippen LogP contribution is -2.25. The number of fused-ring (bicyclic) bond motifs is 2. The number of hydrogen-bond acceptors (Lipinski definition) is 5. The molecule has 5 rings (SSSR count). The summed E-state index contributed by atoms with van der Waals surface area (Å²) < 4.78 is 13.3. The highest BCUT2D eigenvalue weighted by Gasteiger charge is 2.20. The zero-order chi connectivity index (χ0) is 21.4. The van der Waals surface area contributed by atoms with Crippen LogP contribution in [0.15, 0.2) is 55.0 Å². The highest BCUT2D eigenvalue weighted by Crippen LogP contribution is 2.35. The molecule has 31 heavy (non-hydrogen) atoms. The Morgan fingerprint density at radius 3 is 2.77 bits per heavy atom. The third-order valence-electron chi connectivity index (χ3n) is 5.55. The van der Waals surface area contributed by atoms with Crippen molar-refractivity contribution >= 4 is 22.5 Å². The molecule has 0 amide bonds. The second-order valence-electron chi connectivity index (χ2n) is 7.80. The van der Waals surface area contributed by atoms with Gasteiger partial charge in [-0.25, -0.2) is 9.97 Å². The molecule has 0 atom stereocenters. The monoisotopic (exact) mass is 434 g/mol. The van der Waals surface area contributed by atoms with Gasteiger partial charge in [-0.2, -0.15) is 0 Å². The van der Waals surface area contributed by atoms with Gasteiger partial charge in [0.15, 0.2) is 0 Å². The lowest BCUT2D eigenvalue weighted by atomic mass is 10.1. The number of rotatable bonds is 4. The molecule has 2 aromatic heterocycles. The number of ether oxygens (including phenoxy) is 2. The fourth-order valence-corrected chi connectivity index (χ4v) is 4.35. The van der Waals surface area contributed by atoms with E-state index in [0.717, 1.165) is 47.7 Å². The molecule has 1 aliphatic heterocycles. The van der Waals surface area contributed by atoms with Crippen molar-refractivity contribution in [2.75, 3.05) is 20.3 Å². The Balaban J connectivity index is 1.46. The molecule has 0 radical (unpaired) electrons. The summed E-state index contributed by atoms with van der Waals surface area (Å²) in [5.41, 5.74) is 5.53. The minimum atomic E-state index is 0.374. The predicted molar refractivity (Wildman–Crippen MR) is 121 cm³/mol. The van der Waals surface area contributed by atoms with Crippen LogP contribution in [0.5, 0.6) is 11.8 Å². The SMILES string of the molecule is COc1ncc(CN2CCOc3c(Cl)cc(-n4ccc5cc(C)ccc54)cc3C2)cn1. The smallest absolute Gasteiger partial charge is 0.316 e. The number of benzene rings is 2. The predicted octanol–water partition coefficient (Wildman–Crippen LogP) is 4.79. The minimum Gasteiger partial charge on any atom is -0.490 e. The molecule has 3 heterocycles. The first-order chi connectivity index (χ1) is 15.1. The van der Waals surface area contributed by atoms with Crippen molar-refractivity contribution in [3.8, 4) is 17.4 Å². The summed E-state index contributed by atoms with van der Waals surface area (Å²) in [5, 5.41) is 1.85. The standard InChI is InChI=1S/C24H23ClN4O2/c1-16-3-4-22-18(9-16)5-6-29(22)20-10-19-15-28(7-8-31-23(19)21(25)11-20)14-17-12-26-24(30-2)27-13-17/h3-6,9-13H,7-8,14-15H2,1-2H3. The minimum absolute atomic E-state index is 0.374. The van der Waals surface area contributed by atoms with E-state index < -0.39 is 0 Å². The molecule has 1 aliphatic rings. The molecule has 0 saturated carbocycles. The maximum absolute atomic E-state index is 6.66.